The Labute approximate surface area is 408 Å². The lowest BCUT2D eigenvalue weighted by atomic mass is 10.1. The summed E-state index contributed by atoms with van der Waals surface area (Å²) in [4.78, 5) is 25.4. The third-order valence-corrected chi connectivity index (χ3v) is 11.3. The molecule has 0 saturated carbocycles. The second-order valence-corrected chi connectivity index (χ2v) is 17.7. The van der Waals surface area contributed by atoms with E-state index in [-0.39, 0.29) is 25.2 Å². The number of carbonyl (C=O) groups is 2. The lowest BCUT2D eigenvalue weighted by Crippen LogP contribution is -2.30. The molecule has 0 aromatic heterocycles. The number of esters is 2. The summed E-state index contributed by atoms with van der Waals surface area (Å²) in [6, 6.07) is 0. The topological polar surface area (TPSA) is 61.8 Å². The molecule has 0 aromatic carbocycles. The Hall–Kier alpha value is -3.44. The molecule has 0 aliphatic heterocycles. The van der Waals surface area contributed by atoms with Gasteiger partial charge < -0.3 is 14.2 Å². The Kier molecular flexibility index (Phi) is 53.0. The highest BCUT2D eigenvalue weighted by atomic mass is 16.6. The van der Waals surface area contributed by atoms with E-state index in [1.807, 2.05) is 6.08 Å². The average molecular weight is 915 g/mol. The van der Waals surface area contributed by atoms with Crippen molar-refractivity contribution >= 4 is 11.9 Å². The van der Waals surface area contributed by atoms with Crippen LogP contribution in [-0.2, 0) is 23.8 Å². The number of ether oxygens (including phenoxy) is 3. The number of carbonyl (C=O) groups excluding carboxylic acids is 2. The van der Waals surface area contributed by atoms with Gasteiger partial charge in [-0.3, -0.25) is 9.59 Å². The third kappa shape index (κ3) is 53.2. The summed E-state index contributed by atoms with van der Waals surface area (Å²) in [5, 5.41) is 0. The molecule has 0 spiro atoms. The lowest BCUT2D eigenvalue weighted by molar-refractivity contribution is -0.162. The van der Waals surface area contributed by atoms with E-state index in [1.165, 1.54) is 116 Å². The molecule has 0 aromatic rings. The van der Waals surface area contributed by atoms with Gasteiger partial charge in [0, 0.05) is 19.4 Å². The molecule has 0 amide bonds. The van der Waals surface area contributed by atoms with Crippen LogP contribution in [0.1, 0.15) is 239 Å². The standard InChI is InChI=1S/C61H102O5/c1-4-7-10-13-16-19-22-25-27-29-31-32-34-37-39-42-45-48-51-54-60(62)65-58-59(66-61(63)55-52-49-46-43-40-36-24-21-18-15-12-9-6-3)57-64-56-53-50-47-44-41-38-35-33-30-28-26-23-20-17-14-11-8-5-2/h8-9,11-12,16-21,25-28,36,40,46,49,59H,4-7,10,13-15,22-24,29-35,37-39,41-45,47-48,50-58H2,1-3H3/b11-8-,12-9-,19-16-,20-17-,21-18-,27-25-,28-26-,40-36-,49-46-. The van der Waals surface area contributed by atoms with Crippen LogP contribution in [0.2, 0.25) is 0 Å². The average Bonchev–Trinajstić information content (AvgIpc) is 3.32. The smallest absolute Gasteiger partial charge is 0.306 e. The first kappa shape index (κ1) is 62.6. The fourth-order valence-electron chi connectivity index (χ4n) is 7.27. The van der Waals surface area contributed by atoms with Crippen molar-refractivity contribution in [1.82, 2.24) is 0 Å². The summed E-state index contributed by atoms with van der Waals surface area (Å²) in [7, 11) is 0. The van der Waals surface area contributed by atoms with Crippen LogP contribution in [0.15, 0.2) is 109 Å². The number of unbranched alkanes of at least 4 members (excludes halogenated alkanes) is 20. The molecule has 0 N–H and O–H groups in total. The van der Waals surface area contributed by atoms with Gasteiger partial charge in [-0.15, -0.1) is 0 Å². The molecule has 0 saturated heterocycles. The maximum Gasteiger partial charge on any atom is 0.306 e. The predicted molar refractivity (Wildman–Crippen MR) is 288 cm³/mol. The van der Waals surface area contributed by atoms with Gasteiger partial charge >= 0.3 is 11.9 Å². The van der Waals surface area contributed by atoms with Gasteiger partial charge in [0.05, 0.1) is 6.61 Å². The fraction of sp³-hybridized carbons (Fsp3) is 0.672. The second kappa shape index (κ2) is 55.9. The maximum absolute atomic E-state index is 12.8. The van der Waals surface area contributed by atoms with E-state index >= 15 is 0 Å². The predicted octanol–water partition coefficient (Wildman–Crippen LogP) is 18.8. The van der Waals surface area contributed by atoms with E-state index in [4.69, 9.17) is 14.2 Å². The number of hydrogen-bond donors (Lipinski definition) is 0. The normalized spacial score (nSPS) is 13.1. The molecule has 0 aliphatic rings. The zero-order chi connectivity index (χ0) is 47.7. The molecular weight excluding hydrogens is 813 g/mol. The van der Waals surface area contributed by atoms with E-state index < -0.39 is 6.10 Å². The molecule has 0 radical (unpaired) electrons. The molecule has 5 heteroatoms. The van der Waals surface area contributed by atoms with Crippen LogP contribution in [0, 0.1) is 0 Å². The molecule has 376 valence electrons. The van der Waals surface area contributed by atoms with Crippen molar-refractivity contribution in [3.05, 3.63) is 109 Å². The van der Waals surface area contributed by atoms with Crippen LogP contribution in [0.5, 0.6) is 0 Å². The largest absolute Gasteiger partial charge is 0.462 e. The van der Waals surface area contributed by atoms with E-state index in [0.29, 0.717) is 25.9 Å². The van der Waals surface area contributed by atoms with Gasteiger partial charge in [0.1, 0.15) is 6.61 Å². The molecule has 1 atom stereocenters. The summed E-state index contributed by atoms with van der Waals surface area (Å²) in [6.07, 6.45) is 76.9. The highest BCUT2D eigenvalue weighted by Gasteiger charge is 2.17. The minimum absolute atomic E-state index is 0.0459. The highest BCUT2D eigenvalue weighted by Crippen LogP contribution is 2.14. The molecule has 1 unspecified atom stereocenters. The number of hydrogen-bond acceptors (Lipinski definition) is 5. The van der Waals surface area contributed by atoms with Gasteiger partial charge in [0.15, 0.2) is 6.10 Å². The van der Waals surface area contributed by atoms with Gasteiger partial charge in [-0.1, -0.05) is 226 Å². The van der Waals surface area contributed by atoms with Crippen LogP contribution in [0.25, 0.3) is 0 Å². The highest BCUT2D eigenvalue weighted by molar-refractivity contribution is 5.70. The van der Waals surface area contributed by atoms with Gasteiger partial charge in [-0.2, -0.15) is 0 Å². The van der Waals surface area contributed by atoms with Crippen molar-refractivity contribution in [2.75, 3.05) is 19.8 Å². The van der Waals surface area contributed by atoms with Gasteiger partial charge in [0.2, 0.25) is 0 Å². The molecule has 0 heterocycles. The van der Waals surface area contributed by atoms with Crippen molar-refractivity contribution in [2.45, 2.75) is 245 Å². The molecule has 0 fully saturated rings. The quantitative estimate of drug-likeness (QED) is 0.0346. The first-order valence-electron chi connectivity index (χ1n) is 27.4. The Morgan fingerprint density at radius 3 is 1.15 bits per heavy atom. The summed E-state index contributed by atoms with van der Waals surface area (Å²) < 4.78 is 17.4. The van der Waals surface area contributed by atoms with Crippen molar-refractivity contribution in [3.63, 3.8) is 0 Å². The van der Waals surface area contributed by atoms with Crippen molar-refractivity contribution in [1.29, 1.82) is 0 Å². The van der Waals surface area contributed by atoms with Gasteiger partial charge in [-0.25, -0.2) is 0 Å². The van der Waals surface area contributed by atoms with E-state index in [0.717, 1.165) is 83.5 Å². The Balaban J connectivity index is 4.34. The van der Waals surface area contributed by atoms with E-state index in [9.17, 15) is 9.59 Å². The Bertz CT molecular complexity index is 1310. The zero-order valence-electron chi connectivity index (χ0n) is 43.2. The molecular formula is C61H102O5. The lowest BCUT2D eigenvalue weighted by Gasteiger charge is -2.18. The minimum Gasteiger partial charge on any atom is -0.462 e. The summed E-state index contributed by atoms with van der Waals surface area (Å²) in [5.41, 5.74) is 0. The van der Waals surface area contributed by atoms with Crippen LogP contribution < -0.4 is 0 Å². The van der Waals surface area contributed by atoms with Crippen LogP contribution >= 0.6 is 0 Å². The maximum atomic E-state index is 12.8. The Morgan fingerprint density at radius 2 is 0.712 bits per heavy atom. The first-order valence-corrected chi connectivity index (χ1v) is 27.4. The monoisotopic (exact) mass is 915 g/mol. The van der Waals surface area contributed by atoms with Gasteiger partial charge in [-0.05, 0) is 109 Å². The Morgan fingerprint density at radius 1 is 0.348 bits per heavy atom. The van der Waals surface area contributed by atoms with E-state index in [1.54, 1.807) is 0 Å². The summed E-state index contributed by atoms with van der Waals surface area (Å²) >= 11 is 0. The fourth-order valence-corrected chi connectivity index (χ4v) is 7.27. The van der Waals surface area contributed by atoms with Crippen LogP contribution in [0.3, 0.4) is 0 Å². The van der Waals surface area contributed by atoms with Crippen LogP contribution in [-0.4, -0.2) is 37.9 Å². The molecule has 66 heavy (non-hydrogen) atoms. The van der Waals surface area contributed by atoms with Gasteiger partial charge in [0.25, 0.3) is 0 Å². The van der Waals surface area contributed by atoms with Crippen molar-refractivity contribution in [3.8, 4) is 0 Å². The summed E-state index contributed by atoms with van der Waals surface area (Å²) in [5.74, 6) is -0.502. The summed E-state index contributed by atoms with van der Waals surface area (Å²) in [6.45, 7) is 7.48. The number of rotatable bonds is 49. The molecule has 0 aliphatic carbocycles. The molecule has 0 rings (SSSR count). The first-order chi connectivity index (χ1) is 32.6. The minimum atomic E-state index is -0.587. The zero-order valence-corrected chi connectivity index (χ0v) is 43.2. The SMILES string of the molecule is CC/C=C\C/C=C\C/C=C\C/C=C\CCC(=O)OC(COCCCCCCCCCC/C=C\C/C=C\C/C=C\CC)COC(=O)CCCCCCCCCCC/C=C\C/C=C\CCCCC. The van der Waals surface area contributed by atoms with Crippen molar-refractivity contribution < 1.29 is 23.8 Å². The van der Waals surface area contributed by atoms with Crippen molar-refractivity contribution in [2.24, 2.45) is 0 Å². The molecule has 5 nitrogen and oxygen atoms in total. The second-order valence-electron chi connectivity index (χ2n) is 17.7. The number of allylic oxidation sites excluding steroid dienone is 18. The third-order valence-electron chi connectivity index (χ3n) is 11.3. The van der Waals surface area contributed by atoms with E-state index in [2.05, 4.69) is 124 Å². The van der Waals surface area contributed by atoms with Crippen LogP contribution in [0.4, 0.5) is 0 Å². The molecule has 0 bridgehead atoms.